The molecule has 0 aromatic heterocycles. The van der Waals surface area contributed by atoms with E-state index in [0.717, 1.165) is 6.07 Å². The van der Waals surface area contributed by atoms with Crippen LogP contribution in [-0.2, 0) is 24.3 Å². The first-order chi connectivity index (χ1) is 13.3. The number of nitro benzene ring substituents is 1. The number of morpholine rings is 1. The van der Waals surface area contributed by atoms with Crippen molar-refractivity contribution in [3.05, 3.63) is 28.3 Å². The van der Waals surface area contributed by atoms with Crippen molar-refractivity contribution in [1.82, 2.24) is 4.90 Å². The van der Waals surface area contributed by atoms with Crippen LogP contribution in [0.15, 0.2) is 23.1 Å². The molecule has 1 saturated heterocycles. The van der Waals surface area contributed by atoms with Crippen LogP contribution >= 0.6 is 0 Å². The molecule has 0 aliphatic carbocycles. The van der Waals surface area contributed by atoms with E-state index in [9.17, 15) is 23.3 Å². The average molecular weight is 430 g/mol. The highest BCUT2D eigenvalue weighted by Crippen LogP contribution is 2.27. The largest absolute Gasteiger partial charge is 0.459 e. The zero-order valence-corrected chi connectivity index (χ0v) is 17.4. The highest BCUT2D eigenvalue weighted by atomic mass is 32.2. The molecule has 1 heterocycles. The van der Waals surface area contributed by atoms with Crippen molar-refractivity contribution in [1.29, 1.82) is 0 Å². The van der Waals surface area contributed by atoms with E-state index < -0.39 is 26.2 Å². The number of sulfonamides is 1. The van der Waals surface area contributed by atoms with Crippen LogP contribution in [0.5, 0.6) is 0 Å². The number of nitrogens with two attached hydrogens (primary N) is 1. The maximum absolute atomic E-state index is 12.0. The predicted octanol–water partition coefficient (Wildman–Crippen LogP) is 0.697. The Morgan fingerprint density at radius 1 is 1.45 bits per heavy atom. The number of benzene rings is 1. The first-order valence-electron chi connectivity index (χ1n) is 8.96. The standard InChI is InChI=1S/C17H26N4O7S/c1-17(2,3)28-16(22)11-20-6-7-27-12(10-20)9-19-14-5-4-13(29(18,25)26)8-15(14)21(23)24/h4-5,8,12,19H,6-7,9-11H2,1-3H3,(H2,18,25,26)/t12-/m0/s1. The Balaban J connectivity index is 1.99. The number of nitro groups is 1. The molecule has 162 valence electrons. The molecule has 1 aliphatic rings. The van der Waals surface area contributed by atoms with E-state index >= 15 is 0 Å². The Morgan fingerprint density at radius 3 is 2.72 bits per heavy atom. The van der Waals surface area contributed by atoms with Gasteiger partial charge in [0.25, 0.3) is 5.69 Å². The van der Waals surface area contributed by atoms with E-state index in [2.05, 4.69) is 5.32 Å². The fourth-order valence-electron chi connectivity index (χ4n) is 2.82. The molecule has 1 aliphatic heterocycles. The number of nitrogens with one attached hydrogen (secondary N) is 1. The molecule has 29 heavy (non-hydrogen) atoms. The third-order valence-electron chi connectivity index (χ3n) is 4.01. The minimum Gasteiger partial charge on any atom is -0.459 e. The van der Waals surface area contributed by atoms with E-state index in [1.54, 1.807) is 20.8 Å². The van der Waals surface area contributed by atoms with Gasteiger partial charge in [-0.2, -0.15) is 0 Å². The van der Waals surface area contributed by atoms with E-state index in [1.165, 1.54) is 12.1 Å². The van der Waals surface area contributed by atoms with Gasteiger partial charge in [0.1, 0.15) is 11.3 Å². The quantitative estimate of drug-likeness (QED) is 0.361. The third kappa shape index (κ3) is 7.24. The number of nitrogens with zero attached hydrogens (tertiary/aromatic N) is 2. The van der Waals surface area contributed by atoms with Crippen LogP contribution in [0, 0.1) is 10.1 Å². The van der Waals surface area contributed by atoms with Crippen molar-refractivity contribution >= 4 is 27.4 Å². The zero-order valence-electron chi connectivity index (χ0n) is 16.6. The second-order valence-corrected chi connectivity index (χ2v) is 9.24. The molecule has 3 N–H and O–H groups in total. The second kappa shape index (κ2) is 9.03. The molecule has 1 aromatic carbocycles. The second-order valence-electron chi connectivity index (χ2n) is 7.68. The number of carbonyl (C=O) groups excluding carboxylic acids is 1. The summed E-state index contributed by atoms with van der Waals surface area (Å²) in [5.74, 6) is -0.333. The van der Waals surface area contributed by atoms with Gasteiger partial charge in [-0.25, -0.2) is 13.6 Å². The molecular weight excluding hydrogens is 404 g/mol. The molecule has 1 atom stereocenters. The van der Waals surface area contributed by atoms with Gasteiger partial charge >= 0.3 is 5.97 Å². The van der Waals surface area contributed by atoms with Gasteiger partial charge in [0.15, 0.2) is 0 Å². The van der Waals surface area contributed by atoms with Crippen LogP contribution in [0.2, 0.25) is 0 Å². The lowest BCUT2D eigenvalue weighted by Crippen LogP contribution is -2.47. The van der Waals surface area contributed by atoms with Crippen molar-refractivity contribution in [3.8, 4) is 0 Å². The molecule has 1 aromatic rings. The Kier molecular flexibility index (Phi) is 7.16. The van der Waals surface area contributed by atoms with Gasteiger partial charge in [0.2, 0.25) is 10.0 Å². The fraction of sp³-hybridized carbons (Fsp3) is 0.588. The van der Waals surface area contributed by atoms with Gasteiger partial charge in [-0.1, -0.05) is 0 Å². The lowest BCUT2D eigenvalue weighted by molar-refractivity contribution is -0.384. The summed E-state index contributed by atoms with van der Waals surface area (Å²) in [6, 6.07) is 3.40. The maximum atomic E-state index is 12.0. The molecule has 0 unspecified atom stereocenters. The minimum atomic E-state index is -4.05. The Morgan fingerprint density at radius 2 is 2.14 bits per heavy atom. The lowest BCUT2D eigenvalue weighted by atomic mass is 10.2. The van der Waals surface area contributed by atoms with Gasteiger partial charge in [-0.15, -0.1) is 0 Å². The van der Waals surface area contributed by atoms with Crippen molar-refractivity contribution in [3.63, 3.8) is 0 Å². The first kappa shape index (κ1) is 23.0. The number of ether oxygens (including phenoxy) is 2. The van der Waals surface area contributed by atoms with Gasteiger partial charge in [-0.3, -0.25) is 19.8 Å². The zero-order chi connectivity index (χ0) is 21.8. The summed E-state index contributed by atoms with van der Waals surface area (Å²) in [6.07, 6.45) is -0.316. The maximum Gasteiger partial charge on any atom is 0.320 e. The van der Waals surface area contributed by atoms with E-state index in [0.29, 0.717) is 19.7 Å². The molecule has 2 rings (SSSR count). The first-order valence-corrected chi connectivity index (χ1v) is 10.5. The molecule has 0 radical (unpaired) electrons. The molecule has 12 heteroatoms. The lowest BCUT2D eigenvalue weighted by Gasteiger charge is -2.33. The average Bonchev–Trinajstić information content (AvgIpc) is 2.57. The Bertz CT molecular complexity index is 867. The van der Waals surface area contributed by atoms with E-state index in [1.807, 2.05) is 4.90 Å². The Labute approximate surface area is 169 Å². The molecule has 1 fully saturated rings. The summed E-state index contributed by atoms with van der Waals surface area (Å²) >= 11 is 0. The van der Waals surface area contributed by atoms with Crippen molar-refractivity contribution in [2.45, 2.75) is 37.4 Å². The van der Waals surface area contributed by atoms with E-state index in [-0.39, 0.29) is 35.7 Å². The molecular formula is C17H26N4O7S. The fourth-order valence-corrected chi connectivity index (χ4v) is 3.35. The molecule has 0 saturated carbocycles. The van der Waals surface area contributed by atoms with Crippen molar-refractivity contribution < 1.29 is 27.6 Å². The molecule has 0 bridgehead atoms. The molecule has 0 spiro atoms. The van der Waals surface area contributed by atoms with Crippen LogP contribution < -0.4 is 10.5 Å². The summed E-state index contributed by atoms with van der Waals surface area (Å²) < 4.78 is 33.8. The van der Waals surface area contributed by atoms with E-state index in [4.69, 9.17) is 14.6 Å². The van der Waals surface area contributed by atoms with Crippen molar-refractivity contribution in [2.24, 2.45) is 5.14 Å². The predicted molar refractivity (Wildman–Crippen MR) is 105 cm³/mol. The number of anilines is 1. The highest BCUT2D eigenvalue weighted by molar-refractivity contribution is 7.89. The summed E-state index contributed by atoms with van der Waals surface area (Å²) in [5, 5.41) is 19.2. The number of hydrogen-bond donors (Lipinski definition) is 2. The number of carbonyl (C=O) groups is 1. The summed E-state index contributed by atoms with van der Waals surface area (Å²) in [7, 11) is -4.05. The van der Waals surface area contributed by atoms with Crippen LogP contribution in [0.1, 0.15) is 20.8 Å². The topological polar surface area (TPSA) is 154 Å². The smallest absolute Gasteiger partial charge is 0.320 e. The van der Waals surface area contributed by atoms with Gasteiger partial charge < -0.3 is 14.8 Å². The number of esters is 1. The SMILES string of the molecule is CC(C)(C)OC(=O)CN1CCO[C@@H](CNc2ccc(S(N)(=O)=O)cc2[N+](=O)[O-])C1. The van der Waals surface area contributed by atoms with Gasteiger partial charge in [-0.05, 0) is 32.9 Å². The summed E-state index contributed by atoms with van der Waals surface area (Å²) in [5.41, 5.74) is -0.819. The Hall–Kier alpha value is -2.28. The van der Waals surface area contributed by atoms with Gasteiger partial charge in [0.05, 0.1) is 29.1 Å². The normalized spacial score (nSPS) is 18.3. The summed E-state index contributed by atoms with van der Waals surface area (Å²) in [4.78, 5) is 24.1. The van der Waals surface area contributed by atoms with Crippen LogP contribution in [0.4, 0.5) is 11.4 Å². The summed E-state index contributed by atoms with van der Waals surface area (Å²) in [6.45, 7) is 7.16. The van der Waals surface area contributed by atoms with Crippen LogP contribution in [-0.4, -0.2) is 68.7 Å². The minimum absolute atomic E-state index is 0.125. The number of primary sulfonamides is 1. The van der Waals surface area contributed by atoms with Crippen LogP contribution in [0.25, 0.3) is 0 Å². The highest BCUT2D eigenvalue weighted by Gasteiger charge is 2.26. The molecule has 0 amide bonds. The van der Waals surface area contributed by atoms with Crippen LogP contribution in [0.3, 0.4) is 0 Å². The number of hydrogen-bond acceptors (Lipinski definition) is 9. The van der Waals surface area contributed by atoms with Crippen molar-refractivity contribution in [2.75, 3.05) is 38.1 Å². The monoisotopic (exact) mass is 430 g/mol. The third-order valence-corrected chi connectivity index (χ3v) is 4.92. The van der Waals surface area contributed by atoms with Gasteiger partial charge in [0, 0.05) is 25.7 Å². The molecule has 11 nitrogen and oxygen atoms in total. The number of rotatable bonds is 7.